The van der Waals surface area contributed by atoms with E-state index in [1.165, 1.54) is 0 Å². The minimum absolute atomic E-state index is 0.188. The average molecular weight is 292 g/mol. The second kappa shape index (κ2) is 12.8. The van der Waals surface area contributed by atoms with Gasteiger partial charge in [-0.3, -0.25) is 4.79 Å². The summed E-state index contributed by atoms with van der Waals surface area (Å²) in [6, 6.07) is 0. The molecule has 0 aliphatic carbocycles. The molecule has 0 saturated heterocycles. The fourth-order valence-corrected chi connectivity index (χ4v) is 1.39. The molecule has 0 rings (SSSR count). The van der Waals surface area contributed by atoms with Gasteiger partial charge in [0.1, 0.15) is 6.10 Å². The van der Waals surface area contributed by atoms with Gasteiger partial charge in [0, 0.05) is 12.2 Å². The van der Waals surface area contributed by atoms with E-state index in [4.69, 9.17) is 4.74 Å². The van der Waals surface area contributed by atoms with Crippen molar-refractivity contribution in [2.75, 3.05) is 5.75 Å². The average Bonchev–Trinajstić information content (AvgIpc) is 2.27. The largest absolute Gasteiger partial charge is 0.462 e. The number of esters is 1. The van der Waals surface area contributed by atoms with Crippen LogP contribution in [-0.2, 0) is 9.53 Å². The summed E-state index contributed by atoms with van der Waals surface area (Å²) in [5, 5.41) is 9.51. The van der Waals surface area contributed by atoms with Crippen LogP contribution in [0.1, 0.15) is 60.8 Å². The first-order valence-corrected chi connectivity index (χ1v) is 7.86. The van der Waals surface area contributed by atoms with E-state index in [0.717, 1.165) is 5.92 Å². The van der Waals surface area contributed by atoms with Crippen LogP contribution in [0.3, 0.4) is 0 Å². The summed E-state index contributed by atoms with van der Waals surface area (Å²) in [4.78, 5) is 11.3. The van der Waals surface area contributed by atoms with Gasteiger partial charge in [-0.05, 0) is 18.3 Å². The van der Waals surface area contributed by atoms with Crippen LogP contribution in [0.15, 0.2) is 0 Å². The SMILES string of the molecule is CC(C)C.CCC(O)CC(OC(=O)CCS)C(C)C. The molecular weight excluding hydrogens is 260 g/mol. The quantitative estimate of drug-likeness (QED) is 0.555. The molecule has 0 aromatic carbocycles. The maximum atomic E-state index is 11.3. The van der Waals surface area contributed by atoms with E-state index in [1.807, 2.05) is 20.8 Å². The van der Waals surface area contributed by atoms with Gasteiger partial charge in [-0.15, -0.1) is 0 Å². The van der Waals surface area contributed by atoms with Gasteiger partial charge in [-0.25, -0.2) is 0 Å². The lowest BCUT2D eigenvalue weighted by atomic mass is 10.00. The Morgan fingerprint density at radius 1 is 1.21 bits per heavy atom. The molecule has 0 amide bonds. The molecule has 2 atom stereocenters. The lowest BCUT2D eigenvalue weighted by Gasteiger charge is -2.23. The zero-order valence-electron chi connectivity index (χ0n) is 13.3. The number of aliphatic hydroxyl groups excluding tert-OH is 1. The summed E-state index contributed by atoms with van der Waals surface area (Å²) in [5.74, 6) is 1.34. The predicted molar refractivity (Wildman–Crippen MR) is 84.6 cm³/mol. The number of hydrogen-bond acceptors (Lipinski definition) is 4. The Kier molecular flexibility index (Phi) is 14.2. The van der Waals surface area contributed by atoms with Crippen molar-refractivity contribution in [1.82, 2.24) is 0 Å². The highest BCUT2D eigenvalue weighted by atomic mass is 32.1. The van der Waals surface area contributed by atoms with Crippen molar-refractivity contribution in [3.05, 3.63) is 0 Å². The number of carbonyl (C=O) groups is 1. The van der Waals surface area contributed by atoms with Crippen molar-refractivity contribution in [2.45, 2.75) is 73.0 Å². The van der Waals surface area contributed by atoms with E-state index in [1.54, 1.807) is 0 Å². The molecule has 0 bridgehead atoms. The van der Waals surface area contributed by atoms with Gasteiger partial charge in [0.15, 0.2) is 0 Å². The van der Waals surface area contributed by atoms with Crippen LogP contribution in [0.25, 0.3) is 0 Å². The molecule has 0 aliphatic rings. The zero-order chi connectivity index (χ0) is 15.4. The molecule has 0 fully saturated rings. The van der Waals surface area contributed by atoms with Crippen molar-refractivity contribution in [2.24, 2.45) is 11.8 Å². The van der Waals surface area contributed by atoms with Crippen LogP contribution in [0, 0.1) is 11.8 Å². The Bertz CT molecular complexity index is 215. The van der Waals surface area contributed by atoms with E-state index in [9.17, 15) is 9.90 Å². The van der Waals surface area contributed by atoms with E-state index in [2.05, 4.69) is 33.4 Å². The summed E-state index contributed by atoms with van der Waals surface area (Å²) >= 11 is 3.97. The van der Waals surface area contributed by atoms with Crippen molar-refractivity contribution < 1.29 is 14.6 Å². The molecule has 2 unspecified atom stereocenters. The number of rotatable bonds is 7. The minimum Gasteiger partial charge on any atom is -0.462 e. The van der Waals surface area contributed by atoms with Gasteiger partial charge in [0.05, 0.1) is 12.5 Å². The van der Waals surface area contributed by atoms with Crippen molar-refractivity contribution in [1.29, 1.82) is 0 Å². The summed E-state index contributed by atoms with van der Waals surface area (Å²) in [5.41, 5.74) is 0. The second-order valence-electron chi connectivity index (χ2n) is 5.78. The molecular formula is C15H32O3S. The molecule has 4 heteroatoms. The number of hydrogen-bond donors (Lipinski definition) is 2. The molecule has 116 valence electrons. The van der Waals surface area contributed by atoms with E-state index >= 15 is 0 Å². The second-order valence-corrected chi connectivity index (χ2v) is 6.22. The van der Waals surface area contributed by atoms with Crippen LogP contribution in [0.2, 0.25) is 0 Å². The Morgan fingerprint density at radius 2 is 1.68 bits per heavy atom. The highest BCUT2D eigenvalue weighted by Crippen LogP contribution is 2.15. The molecule has 0 radical (unpaired) electrons. The monoisotopic (exact) mass is 292 g/mol. The molecule has 3 nitrogen and oxygen atoms in total. The number of aliphatic hydroxyl groups is 1. The van der Waals surface area contributed by atoms with E-state index in [-0.39, 0.29) is 24.1 Å². The summed E-state index contributed by atoms with van der Waals surface area (Å²) in [6.07, 6.45) is 0.961. The van der Waals surface area contributed by atoms with Gasteiger partial charge >= 0.3 is 5.97 Å². The molecule has 0 aliphatic heterocycles. The minimum atomic E-state index is -0.388. The Hall–Kier alpha value is -0.220. The predicted octanol–water partition coefficient (Wildman–Crippen LogP) is 3.70. The van der Waals surface area contributed by atoms with Crippen LogP contribution < -0.4 is 0 Å². The number of carbonyl (C=O) groups excluding carboxylic acids is 1. The third-order valence-corrected chi connectivity index (χ3v) is 2.54. The lowest BCUT2D eigenvalue weighted by Crippen LogP contribution is -2.28. The number of ether oxygens (including phenoxy) is 1. The fourth-order valence-electron chi connectivity index (χ4n) is 1.21. The van der Waals surface area contributed by atoms with E-state index in [0.29, 0.717) is 25.0 Å². The zero-order valence-corrected chi connectivity index (χ0v) is 14.2. The molecule has 1 N–H and O–H groups in total. The Balaban J connectivity index is 0. The van der Waals surface area contributed by atoms with Crippen LogP contribution in [0.5, 0.6) is 0 Å². The molecule has 0 aromatic rings. The van der Waals surface area contributed by atoms with Gasteiger partial charge in [-0.2, -0.15) is 12.6 Å². The normalized spacial score (nSPS) is 13.8. The van der Waals surface area contributed by atoms with Crippen molar-refractivity contribution in [3.63, 3.8) is 0 Å². The first kappa shape index (κ1) is 21.1. The first-order chi connectivity index (χ1) is 8.74. The topological polar surface area (TPSA) is 46.5 Å². The van der Waals surface area contributed by atoms with Crippen LogP contribution in [-0.4, -0.2) is 29.0 Å². The Morgan fingerprint density at radius 3 is 2.00 bits per heavy atom. The summed E-state index contributed by atoms with van der Waals surface area (Å²) in [7, 11) is 0. The van der Waals surface area contributed by atoms with Gasteiger partial charge in [-0.1, -0.05) is 41.5 Å². The molecule has 19 heavy (non-hydrogen) atoms. The van der Waals surface area contributed by atoms with Crippen LogP contribution >= 0.6 is 12.6 Å². The van der Waals surface area contributed by atoms with Crippen LogP contribution in [0.4, 0.5) is 0 Å². The number of thiol groups is 1. The van der Waals surface area contributed by atoms with Gasteiger partial charge in [0.25, 0.3) is 0 Å². The third kappa shape index (κ3) is 15.7. The molecule has 0 aromatic heterocycles. The lowest BCUT2D eigenvalue weighted by molar-refractivity contribution is -0.152. The smallest absolute Gasteiger partial charge is 0.306 e. The highest BCUT2D eigenvalue weighted by Gasteiger charge is 2.20. The summed E-state index contributed by atoms with van der Waals surface area (Å²) < 4.78 is 5.28. The molecule has 0 spiro atoms. The highest BCUT2D eigenvalue weighted by molar-refractivity contribution is 7.80. The van der Waals surface area contributed by atoms with E-state index < -0.39 is 0 Å². The standard InChI is InChI=1S/C11H22O3S.C4H10/c1-4-9(12)7-10(8(2)3)14-11(13)5-6-15;1-4(2)3/h8-10,12,15H,4-7H2,1-3H3;4H,1-3H3. The maximum Gasteiger partial charge on any atom is 0.306 e. The first-order valence-electron chi connectivity index (χ1n) is 7.22. The maximum absolute atomic E-state index is 11.3. The van der Waals surface area contributed by atoms with Crippen molar-refractivity contribution >= 4 is 18.6 Å². The Labute approximate surface area is 124 Å². The fraction of sp³-hybridized carbons (Fsp3) is 0.933. The molecule has 0 saturated carbocycles. The van der Waals surface area contributed by atoms with Crippen molar-refractivity contribution in [3.8, 4) is 0 Å². The molecule has 0 heterocycles. The summed E-state index contributed by atoms with van der Waals surface area (Å²) in [6.45, 7) is 12.4. The van der Waals surface area contributed by atoms with Gasteiger partial charge < -0.3 is 9.84 Å². The van der Waals surface area contributed by atoms with Gasteiger partial charge in [0.2, 0.25) is 0 Å². The third-order valence-electron chi connectivity index (χ3n) is 2.32.